The molecule has 0 saturated heterocycles. The van der Waals surface area contributed by atoms with Gasteiger partial charge < -0.3 is 9.47 Å². The van der Waals surface area contributed by atoms with Gasteiger partial charge in [0.15, 0.2) is 0 Å². The topological polar surface area (TPSA) is 55.1 Å². The molecule has 0 saturated carbocycles. The highest BCUT2D eigenvalue weighted by Gasteiger charge is 2.12. The minimum atomic E-state index is -0.382. The van der Waals surface area contributed by atoms with Gasteiger partial charge in [-0.15, -0.1) is 0 Å². The molecule has 1 atom stereocenters. The van der Waals surface area contributed by atoms with Crippen molar-refractivity contribution in [1.29, 1.82) is 5.26 Å². The molecule has 2 rings (SSSR count). The van der Waals surface area contributed by atoms with Gasteiger partial charge in [0, 0.05) is 12.3 Å². The molecule has 0 N–H and O–H groups in total. The highest BCUT2D eigenvalue weighted by molar-refractivity contribution is 5.33. The Labute approximate surface area is 112 Å². The summed E-state index contributed by atoms with van der Waals surface area (Å²) in [5, 5.41) is 9.16. The third-order valence-corrected chi connectivity index (χ3v) is 2.66. The van der Waals surface area contributed by atoms with Crippen LogP contribution < -0.4 is 9.47 Å². The minimum absolute atomic E-state index is 0.265. The van der Waals surface area contributed by atoms with Crippen LogP contribution in [0.1, 0.15) is 11.6 Å². The average molecular weight is 254 g/mol. The van der Waals surface area contributed by atoms with Gasteiger partial charge in [0.1, 0.15) is 24.0 Å². The van der Waals surface area contributed by atoms with E-state index in [-0.39, 0.29) is 12.5 Å². The Balaban J connectivity index is 2.02. The van der Waals surface area contributed by atoms with Crippen LogP contribution in [0.5, 0.6) is 11.5 Å². The van der Waals surface area contributed by atoms with Gasteiger partial charge in [0.2, 0.25) is 0 Å². The molecule has 0 amide bonds. The van der Waals surface area contributed by atoms with Gasteiger partial charge in [-0.25, -0.2) is 0 Å². The number of hydrogen-bond donors (Lipinski definition) is 0. The second-order valence-electron chi connectivity index (χ2n) is 3.93. The number of benzene rings is 1. The lowest BCUT2D eigenvalue weighted by Gasteiger charge is -2.11. The van der Waals surface area contributed by atoms with Crippen LogP contribution in [0.4, 0.5) is 0 Å². The summed E-state index contributed by atoms with van der Waals surface area (Å²) in [7, 11) is 1.60. The Morgan fingerprint density at radius 3 is 2.74 bits per heavy atom. The number of aromatic nitrogens is 1. The van der Waals surface area contributed by atoms with Gasteiger partial charge in [0.05, 0.1) is 18.9 Å². The summed E-state index contributed by atoms with van der Waals surface area (Å²) < 4.78 is 10.7. The second kappa shape index (κ2) is 6.41. The molecule has 2 aromatic rings. The van der Waals surface area contributed by atoms with Crippen molar-refractivity contribution in [2.75, 3.05) is 13.7 Å². The maximum absolute atomic E-state index is 9.16. The average Bonchev–Trinajstić information content (AvgIpc) is 2.49. The minimum Gasteiger partial charge on any atom is -0.497 e. The molecular weight excluding hydrogens is 240 g/mol. The van der Waals surface area contributed by atoms with E-state index in [9.17, 15) is 0 Å². The lowest BCUT2D eigenvalue weighted by molar-refractivity contribution is 0.304. The third-order valence-electron chi connectivity index (χ3n) is 2.66. The maximum atomic E-state index is 9.16. The Hall–Kier alpha value is -2.54. The fraction of sp³-hybridized carbons (Fsp3) is 0.200. The van der Waals surface area contributed by atoms with Crippen molar-refractivity contribution in [3.05, 3.63) is 54.4 Å². The molecule has 1 aromatic carbocycles. The van der Waals surface area contributed by atoms with E-state index >= 15 is 0 Å². The molecule has 96 valence electrons. The summed E-state index contributed by atoms with van der Waals surface area (Å²) in [6.45, 7) is 0.265. The number of hydrogen-bond acceptors (Lipinski definition) is 4. The van der Waals surface area contributed by atoms with Crippen LogP contribution in [0.3, 0.4) is 0 Å². The highest BCUT2D eigenvalue weighted by atomic mass is 16.5. The van der Waals surface area contributed by atoms with Crippen molar-refractivity contribution >= 4 is 0 Å². The van der Waals surface area contributed by atoms with Crippen molar-refractivity contribution in [3.63, 3.8) is 0 Å². The van der Waals surface area contributed by atoms with Gasteiger partial charge in [-0.3, -0.25) is 4.98 Å². The Morgan fingerprint density at radius 1 is 1.21 bits per heavy atom. The first-order valence-electron chi connectivity index (χ1n) is 5.91. The van der Waals surface area contributed by atoms with E-state index in [0.717, 1.165) is 5.75 Å². The van der Waals surface area contributed by atoms with Crippen LogP contribution in [-0.4, -0.2) is 18.7 Å². The standard InChI is InChI=1S/C15H14N2O2/c1-18-13-5-4-6-14(9-13)19-11-12(10-16)15-7-2-3-8-17-15/h2-9,12H,11H2,1H3. The lowest BCUT2D eigenvalue weighted by Crippen LogP contribution is -2.10. The Morgan fingerprint density at radius 2 is 2.05 bits per heavy atom. The fourth-order valence-corrected chi connectivity index (χ4v) is 1.64. The molecule has 0 fully saturated rings. The van der Waals surface area contributed by atoms with Crippen molar-refractivity contribution < 1.29 is 9.47 Å². The predicted molar refractivity (Wildman–Crippen MR) is 71.1 cm³/mol. The molecule has 4 heteroatoms. The number of methoxy groups -OCH3 is 1. The van der Waals surface area contributed by atoms with Gasteiger partial charge in [-0.05, 0) is 24.3 Å². The Kier molecular flexibility index (Phi) is 4.35. The van der Waals surface area contributed by atoms with Gasteiger partial charge in [-0.1, -0.05) is 12.1 Å². The van der Waals surface area contributed by atoms with E-state index in [0.29, 0.717) is 11.4 Å². The largest absolute Gasteiger partial charge is 0.497 e. The van der Waals surface area contributed by atoms with Crippen LogP contribution >= 0.6 is 0 Å². The molecule has 0 radical (unpaired) electrons. The first-order valence-corrected chi connectivity index (χ1v) is 5.91. The predicted octanol–water partition coefficient (Wildman–Crippen LogP) is 2.78. The molecule has 1 heterocycles. The van der Waals surface area contributed by atoms with Gasteiger partial charge in [-0.2, -0.15) is 5.26 Å². The van der Waals surface area contributed by atoms with E-state index < -0.39 is 0 Å². The second-order valence-corrected chi connectivity index (χ2v) is 3.93. The summed E-state index contributed by atoms with van der Waals surface area (Å²) in [6, 6.07) is 15.0. The van der Waals surface area contributed by atoms with Crippen molar-refractivity contribution in [2.24, 2.45) is 0 Å². The Bertz CT molecular complexity index is 564. The SMILES string of the molecule is COc1cccc(OCC(C#N)c2ccccn2)c1. The van der Waals surface area contributed by atoms with E-state index in [4.69, 9.17) is 14.7 Å². The molecular formula is C15H14N2O2. The van der Waals surface area contributed by atoms with Gasteiger partial charge >= 0.3 is 0 Å². The maximum Gasteiger partial charge on any atom is 0.123 e. The molecule has 19 heavy (non-hydrogen) atoms. The normalized spacial score (nSPS) is 11.4. The zero-order valence-electron chi connectivity index (χ0n) is 10.6. The molecule has 1 unspecified atom stereocenters. The molecule has 0 aliphatic carbocycles. The molecule has 0 aliphatic heterocycles. The van der Waals surface area contributed by atoms with E-state index in [1.165, 1.54) is 0 Å². The number of pyridine rings is 1. The van der Waals surface area contributed by atoms with E-state index in [1.807, 2.05) is 36.4 Å². The quantitative estimate of drug-likeness (QED) is 0.823. The van der Waals surface area contributed by atoms with Crippen LogP contribution in [0.2, 0.25) is 0 Å². The van der Waals surface area contributed by atoms with E-state index in [2.05, 4.69) is 11.1 Å². The molecule has 0 aliphatic rings. The smallest absolute Gasteiger partial charge is 0.123 e. The summed E-state index contributed by atoms with van der Waals surface area (Å²) in [5.41, 5.74) is 0.716. The number of nitriles is 1. The summed E-state index contributed by atoms with van der Waals surface area (Å²) in [5.74, 6) is 1.02. The van der Waals surface area contributed by atoms with Crippen LogP contribution in [0.25, 0.3) is 0 Å². The zero-order valence-corrected chi connectivity index (χ0v) is 10.6. The van der Waals surface area contributed by atoms with Crippen molar-refractivity contribution in [2.45, 2.75) is 5.92 Å². The zero-order chi connectivity index (χ0) is 13.5. The number of ether oxygens (including phenoxy) is 2. The molecule has 4 nitrogen and oxygen atoms in total. The lowest BCUT2D eigenvalue weighted by atomic mass is 10.1. The molecule has 1 aromatic heterocycles. The van der Waals surface area contributed by atoms with Crippen molar-refractivity contribution in [1.82, 2.24) is 4.98 Å². The fourth-order valence-electron chi connectivity index (χ4n) is 1.64. The summed E-state index contributed by atoms with van der Waals surface area (Å²) >= 11 is 0. The monoisotopic (exact) mass is 254 g/mol. The van der Waals surface area contributed by atoms with Crippen LogP contribution in [0, 0.1) is 11.3 Å². The van der Waals surface area contributed by atoms with E-state index in [1.54, 1.807) is 19.4 Å². The van der Waals surface area contributed by atoms with Gasteiger partial charge in [0.25, 0.3) is 0 Å². The molecule has 0 bridgehead atoms. The van der Waals surface area contributed by atoms with Crippen molar-refractivity contribution in [3.8, 4) is 17.6 Å². The third kappa shape index (κ3) is 3.46. The first-order chi connectivity index (χ1) is 9.33. The van der Waals surface area contributed by atoms with Crippen LogP contribution in [0.15, 0.2) is 48.7 Å². The summed E-state index contributed by atoms with van der Waals surface area (Å²) in [6.07, 6.45) is 1.67. The van der Waals surface area contributed by atoms with Crippen LogP contribution in [-0.2, 0) is 0 Å². The molecule has 0 spiro atoms. The number of nitrogens with zero attached hydrogens (tertiary/aromatic N) is 2. The summed E-state index contributed by atoms with van der Waals surface area (Å²) in [4.78, 5) is 4.17. The first kappa shape index (κ1) is 12.9. The highest BCUT2D eigenvalue weighted by Crippen LogP contribution is 2.21. The number of rotatable bonds is 5.